The van der Waals surface area contributed by atoms with Crippen LogP contribution in [0.2, 0.25) is 0 Å². The lowest BCUT2D eigenvalue weighted by Gasteiger charge is -2.02. The normalized spacial score (nSPS) is 11.2. The molecule has 0 radical (unpaired) electrons. The number of hydrogen-bond donors (Lipinski definition) is 3. The van der Waals surface area contributed by atoms with Crippen LogP contribution in [0.4, 0.5) is 0 Å². The zero-order valence-corrected chi connectivity index (χ0v) is 14.0. The van der Waals surface area contributed by atoms with Gasteiger partial charge in [0.1, 0.15) is 11.5 Å². The Bertz CT molecular complexity index is 931. The number of nitrogens with zero attached hydrogens (tertiary/aromatic N) is 3. The summed E-state index contributed by atoms with van der Waals surface area (Å²) in [6.45, 7) is 0. The molecule has 3 aromatic rings. The van der Waals surface area contributed by atoms with Crippen LogP contribution in [0, 0.1) is 4.77 Å². The van der Waals surface area contributed by atoms with Crippen LogP contribution >= 0.6 is 28.1 Å². The van der Waals surface area contributed by atoms with Crippen molar-refractivity contribution in [1.82, 2.24) is 14.9 Å². The number of halogens is 1. The molecule has 116 valence electrons. The van der Waals surface area contributed by atoms with Crippen LogP contribution < -0.4 is 0 Å². The molecule has 0 aliphatic rings. The van der Waals surface area contributed by atoms with Gasteiger partial charge in [0.2, 0.25) is 4.77 Å². The first-order valence-corrected chi connectivity index (χ1v) is 7.74. The number of phenols is 2. The molecule has 0 saturated heterocycles. The molecular formula is C15H11BrN4O2S. The minimum Gasteiger partial charge on any atom is -0.508 e. The molecule has 0 saturated carbocycles. The standard InChI is InChI=1S/C15H11BrN4O2S/c16-11-3-6-13(22)10(7-11)8-17-20-14(18-19-15(20)23)9-1-4-12(21)5-2-9/h1-8,21-22H,(H,19,23). The van der Waals surface area contributed by atoms with E-state index in [1.807, 2.05) is 0 Å². The molecule has 0 aliphatic heterocycles. The number of H-pyrrole nitrogens is 1. The summed E-state index contributed by atoms with van der Waals surface area (Å²) in [5.41, 5.74) is 1.28. The van der Waals surface area contributed by atoms with Crippen molar-refractivity contribution < 1.29 is 10.2 Å². The molecule has 1 heterocycles. The minimum atomic E-state index is 0.109. The maximum atomic E-state index is 9.85. The second-order valence-corrected chi connectivity index (χ2v) is 5.96. The van der Waals surface area contributed by atoms with Gasteiger partial charge in [0, 0.05) is 15.6 Å². The van der Waals surface area contributed by atoms with Crippen molar-refractivity contribution >= 4 is 34.4 Å². The molecule has 0 amide bonds. The van der Waals surface area contributed by atoms with Gasteiger partial charge in [-0.1, -0.05) is 15.9 Å². The molecule has 0 aliphatic carbocycles. The SMILES string of the molecule is Oc1ccc(-c2n[nH]c(=S)n2N=Cc2cc(Br)ccc2O)cc1. The number of aromatic hydroxyl groups is 2. The van der Waals surface area contributed by atoms with Crippen molar-refractivity contribution in [3.05, 3.63) is 57.3 Å². The van der Waals surface area contributed by atoms with Crippen molar-refractivity contribution in [2.45, 2.75) is 0 Å². The van der Waals surface area contributed by atoms with Crippen LogP contribution in [0.25, 0.3) is 11.4 Å². The van der Waals surface area contributed by atoms with Gasteiger partial charge in [-0.3, -0.25) is 0 Å². The number of aromatic amines is 1. The second kappa shape index (κ2) is 6.35. The third kappa shape index (κ3) is 3.33. The first-order chi connectivity index (χ1) is 11.0. The lowest BCUT2D eigenvalue weighted by molar-refractivity contribution is 0.474. The summed E-state index contributed by atoms with van der Waals surface area (Å²) >= 11 is 8.53. The molecule has 23 heavy (non-hydrogen) atoms. The monoisotopic (exact) mass is 390 g/mol. The Hall–Kier alpha value is -2.45. The van der Waals surface area contributed by atoms with Crippen molar-refractivity contribution in [1.29, 1.82) is 0 Å². The van der Waals surface area contributed by atoms with Gasteiger partial charge in [-0.25, -0.2) is 5.10 Å². The summed E-state index contributed by atoms with van der Waals surface area (Å²) in [7, 11) is 0. The molecule has 0 spiro atoms. The largest absolute Gasteiger partial charge is 0.508 e. The van der Waals surface area contributed by atoms with Gasteiger partial charge in [-0.2, -0.15) is 14.9 Å². The van der Waals surface area contributed by atoms with Gasteiger partial charge >= 0.3 is 0 Å². The van der Waals surface area contributed by atoms with E-state index < -0.39 is 0 Å². The number of nitrogens with one attached hydrogen (secondary N) is 1. The number of aromatic nitrogens is 3. The second-order valence-electron chi connectivity index (χ2n) is 4.66. The van der Waals surface area contributed by atoms with Gasteiger partial charge in [0.15, 0.2) is 5.82 Å². The fraction of sp³-hybridized carbons (Fsp3) is 0. The fourth-order valence-corrected chi connectivity index (χ4v) is 2.50. The van der Waals surface area contributed by atoms with E-state index in [0.717, 1.165) is 10.0 Å². The molecule has 8 heteroatoms. The van der Waals surface area contributed by atoms with E-state index in [2.05, 4.69) is 31.2 Å². The van der Waals surface area contributed by atoms with Gasteiger partial charge in [-0.15, -0.1) is 0 Å². The highest BCUT2D eigenvalue weighted by Gasteiger charge is 2.08. The lowest BCUT2D eigenvalue weighted by Crippen LogP contribution is -1.95. The summed E-state index contributed by atoms with van der Waals surface area (Å²) in [5, 5.41) is 30.3. The quantitative estimate of drug-likeness (QED) is 0.470. The Morgan fingerprint density at radius 3 is 2.65 bits per heavy atom. The van der Waals surface area contributed by atoms with Gasteiger partial charge in [0.05, 0.1) is 6.21 Å². The van der Waals surface area contributed by atoms with Crippen molar-refractivity contribution in [3.63, 3.8) is 0 Å². The Morgan fingerprint density at radius 2 is 1.91 bits per heavy atom. The Balaban J connectivity index is 2.02. The van der Waals surface area contributed by atoms with E-state index in [9.17, 15) is 10.2 Å². The predicted molar refractivity (Wildman–Crippen MR) is 93.3 cm³/mol. The number of hydrogen-bond acceptors (Lipinski definition) is 5. The molecule has 0 bridgehead atoms. The Kier molecular flexibility index (Phi) is 4.26. The van der Waals surface area contributed by atoms with E-state index in [1.54, 1.807) is 42.5 Å². The van der Waals surface area contributed by atoms with Crippen LogP contribution in [0.15, 0.2) is 52.0 Å². The molecule has 0 atom stereocenters. The van der Waals surface area contributed by atoms with E-state index in [-0.39, 0.29) is 11.5 Å². The molecule has 1 aromatic heterocycles. The molecule has 2 aromatic carbocycles. The molecule has 3 rings (SSSR count). The van der Waals surface area contributed by atoms with E-state index in [4.69, 9.17) is 12.2 Å². The first-order valence-electron chi connectivity index (χ1n) is 6.54. The third-order valence-electron chi connectivity index (χ3n) is 3.08. The van der Waals surface area contributed by atoms with Crippen LogP contribution in [0.1, 0.15) is 5.56 Å². The maximum absolute atomic E-state index is 9.85. The van der Waals surface area contributed by atoms with E-state index >= 15 is 0 Å². The molecule has 3 N–H and O–H groups in total. The zero-order valence-electron chi connectivity index (χ0n) is 11.6. The highest BCUT2D eigenvalue weighted by molar-refractivity contribution is 9.10. The number of rotatable bonds is 3. The summed E-state index contributed by atoms with van der Waals surface area (Å²) in [6, 6.07) is 11.6. The summed E-state index contributed by atoms with van der Waals surface area (Å²) in [4.78, 5) is 0. The summed E-state index contributed by atoms with van der Waals surface area (Å²) in [5.74, 6) is 0.774. The Labute approximate surface area is 144 Å². The maximum Gasteiger partial charge on any atom is 0.216 e. The highest BCUT2D eigenvalue weighted by atomic mass is 79.9. The zero-order chi connectivity index (χ0) is 16.4. The van der Waals surface area contributed by atoms with E-state index in [1.165, 1.54) is 10.9 Å². The van der Waals surface area contributed by atoms with Crippen molar-refractivity contribution in [2.24, 2.45) is 5.10 Å². The predicted octanol–water partition coefficient (Wildman–Crippen LogP) is 3.66. The molecule has 0 unspecified atom stereocenters. The van der Waals surface area contributed by atoms with Gasteiger partial charge in [-0.05, 0) is 54.7 Å². The number of benzene rings is 2. The summed E-state index contributed by atoms with van der Waals surface area (Å²) in [6.07, 6.45) is 1.50. The average Bonchev–Trinajstić information content (AvgIpc) is 2.90. The van der Waals surface area contributed by atoms with Crippen LogP contribution in [0.5, 0.6) is 11.5 Å². The molecular weight excluding hydrogens is 380 g/mol. The highest BCUT2D eigenvalue weighted by Crippen LogP contribution is 2.22. The minimum absolute atomic E-state index is 0.109. The van der Waals surface area contributed by atoms with Crippen LogP contribution in [-0.4, -0.2) is 31.3 Å². The number of phenolic OH excluding ortho intramolecular Hbond substituents is 2. The first kappa shape index (κ1) is 15.4. The van der Waals surface area contributed by atoms with Gasteiger partial charge < -0.3 is 10.2 Å². The van der Waals surface area contributed by atoms with Gasteiger partial charge in [0.25, 0.3) is 0 Å². The smallest absolute Gasteiger partial charge is 0.216 e. The topological polar surface area (TPSA) is 86.4 Å². The van der Waals surface area contributed by atoms with Crippen molar-refractivity contribution in [2.75, 3.05) is 0 Å². The van der Waals surface area contributed by atoms with Crippen LogP contribution in [-0.2, 0) is 0 Å². The molecule has 6 nitrogen and oxygen atoms in total. The third-order valence-corrected chi connectivity index (χ3v) is 3.84. The van der Waals surface area contributed by atoms with Crippen LogP contribution in [0.3, 0.4) is 0 Å². The average molecular weight is 391 g/mol. The fourth-order valence-electron chi connectivity index (χ4n) is 1.94. The van der Waals surface area contributed by atoms with E-state index in [0.29, 0.717) is 16.2 Å². The Morgan fingerprint density at radius 1 is 1.17 bits per heavy atom. The molecule has 0 fully saturated rings. The lowest BCUT2D eigenvalue weighted by atomic mass is 10.2. The van der Waals surface area contributed by atoms with Crippen molar-refractivity contribution in [3.8, 4) is 22.9 Å². The summed E-state index contributed by atoms with van der Waals surface area (Å²) < 4.78 is 2.59.